The van der Waals surface area contributed by atoms with Gasteiger partial charge in [0.2, 0.25) is 0 Å². The minimum atomic E-state index is -0.885. The molecule has 0 atom stereocenters. The summed E-state index contributed by atoms with van der Waals surface area (Å²) >= 11 is 0. The SMILES string of the molecule is CCCC(CCC)C(=O)[O-].CCCC(CCC)C(=O)[O-].CCCC(CCC)C(=O)[O-].[Na+].[Na+].[Na+]. The van der Waals surface area contributed by atoms with E-state index in [4.69, 9.17) is 0 Å². The molecule has 0 bridgehead atoms. The summed E-state index contributed by atoms with van der Waals surface area (Å²) < 4.78 is 0. The second-order valence-corrected chi connectivity index (χ2v) is 7.78. The molecule has 0 aliphatic heterocycles. The van der Waals surface area contributed by atoms with Gasteiger partial charge in [0, 0.05) is 17.9 Å². The Bertz CT molecular complexity index is 357. The minimum Gasteiger partial charge on any atom is -0.550 e. The molecule has 0 aliphatic rings. The Morgan fingerprint density at radius 3 is 0.606 bits per heavy atom. The van der Waals surface area contributed by atoms with Gasteiger partial charge in [-0.2, -0.15) is 0 Å². The van der Waals surface area contributed by atoms with Gasteiger partial charge in [-0.15, -0.1) is 0 Å². The maximum Gasteiger partial charge on any atom is 1.00 e. The molecule has 0 aliphatic carbocycles. The topological polar surface area (TPSA) is 120 Å². The molecule has 0 spiro atoms. The molecule has 0 unspecified atom stereocenters. The molecule has 0 N–H and O–H groups in total. The normalized spacial score (nSPS) is 9.36. The van der Waals surface area contributed by atoms with Gasteiger partial charge in [0.1, 0.15) is 0 Å². The Labute approximate surface area is 269 Å². The van der Waals surface area contributed by atoms with Gasteiger partial charge in [-0.25, -0.2) is 0 Å². The number of carboxylic acids is 3. The summed E-state index contributed by atoms with van der Waals surface area (Å²) in [5, 5.41) is 31.1. The van der Waals surface area contributed by atoms with Gasteiger partial charge in [-0.1, -0.05) is 80.1 Å². The smallest absolute Gasteiger partial charge is 0.550 e. The molecule has 180 valence electrons. The van der Waals surface area contributed by atoms with Crippen molar-refractivity contribution in [3.63, 3.8) is 0 Å². The molecule has 0 aromatic heterocycles. The maximum atomic E-state index is 10.4. The molecule has 9 heteroatoms. The van der Waals surface area contributed by atoms with Crippen LogP contribution >= 0.6 is 0 Å². The molecule has 0 saturated carbocycles. The Kier molecular flexibility index (Phi) is 51.3. The van der Waals surface area contributed by atoms with Crippen molar-refractivity contribution in [2.75, 3.05) is 0 Å². The van der Waals surface area contributed by atoms with E-state index in [0.29, 0.717) is 0 Å². The Morgan fingerprint density at radius 1 is 0.424 bits per heavy atom. The fraction of sp³-hybridized carbons (Fsp3) is 0.875. The first kappa shape index (κ1) is 47.6. The van der Waals surface area contributed by atoms with Crippen LogP contribution in [-0.2, 0) is 14.4 Å². The van der Waals surface area contributed by atoms with Crippen molar-refractivity contribution in [1.29, 1.82) is 0 Å². The third kappa shape index (κ3) is 33.4. The van der Waals surface area contributed by atoms with E-state index in [1.54, 1.807) is 0 Å². The summed E-state index contributed by atoms with van der Waals surface area (Å²) in [5.74, 6) is -3.30. The quantitative estimate of drug-likeness (QED) is 0.207. The van der Waals surface area contributed by atoms with Crippen molar-refractivity contribution in [3.8, 4) is 0 Å². The third-order valence-electron chi connectivity index (χ3n) is 4.82. The van der Waals surface area contributed by atoms with Gasteiger partial charge in [0.15, 0.2) is 0 Å². The van der Waals surface area contributed by atoms with E-state index >= 15 is 0 Å². The molecular weight excluding hydrogens is 453 g/mol. The van der Waals surface area contributed by atoms with Crippen LogP contribution in [0.1, 0.15) is 119 Å². The predicted octanol–water partition coefficient (Wildman–Crippen LogP) is -6.13. The van der Waals surface area contributed by atoms with Gasteiger partial charge in [-0.05, 0) is 56.3 Å². The average Bonchev–Trinajstić information content (AvgIpc) is 2.68. The van der Waals surface area contributed by atoms with E-state index in [-0.39, 0.29) is 106 Å². The minimum absolute atomic E-state index is 0. The van der Waals surface area contributed by atoms with Crippen molar-refractivity contribution < 1.29 is 118 Å². The van der Waals surface area contributed by atoms with Crippen LogP contribution in [0.3, 0.4) is 0 Å². The van der Waals surface area contributed by atoms with Crippen molar-refractivity contribution in [1.82, 2.24) is 0 Å². The van der Waals surface area contributed by atoms with E-state index in [1.807, 2.05) is 41.5 Å². The zero-order chi connectivity index (χ0) is 23.9. The first-order valence-electron chi connectivity index (χ1n) is 11.8. The standard InChI is InChI=1S/3C8H16O2.3Na/c3*1-3-5-7(6-4-2)8(9)10;;;/h3*7H,3-6H2,1-2H3,(H,9,10);;;/q;;;3*+1/p-3. The largest absolute Gasteiger partial charge is 1.00 e. The number of carbonyl (C=O) groups is 3. The summed E-state index contributed by atoms with van der Waals surface area (Å²) in [7, 11) is 0. The molecular formula is C24H45Na3O6. The maximum absolute atomic E-state index is 10.4. The zero-order valence-corrected chi connectivity index (χ0v) is 29.2. The predicted molar refractivity (Wildman–Crippen MR) is 115 cm³/mol. The van der Waals surface area contributed by atoms with Gasteiger partial charge in [0.05, 0.1) is 0 Å². The van der Waals surface area contributed by atoms with Crippen molar-refractivity contribution in [2.45, 2.75) is 119 Å². The molecule has 0 heterocycles. The first-order chi connectivity index (χ1) is 14.2. The molecule has 6 nitrogen and oxygen atoms in total. The monoisotopic (exact) mass is 498 g/mol. The molecule has 0 radical (unpaired) electrons. The van der Waals surface area contributed by atoms with Crippen molar-refractivity contribution >= 4 is 17.9 Å². The fourth-order valence-electron chi connectivity index (χ4n) is 3.23. The summed E-state index contributed by atoms with van der Waals surface area (Å²) in [6, 6.07) is 0. The summed E-state index contributed by atoms with van der Waals surface area (Å²) in [6.07, 6.45) is 10.1. The molecule has 0 aromatic carbocycles. The van der Waals surface area contributed by atoms with Gasteiger partial charge in [-0.3, -0.25) is 0 Å². The number of hydrogen-bond donors (Lipinski definition) is 0. The average molecular weight is 499 g/mol. The van der Waals surface area contributed by atoms with E-state index in [0.717, 1.165) is 77.0 Å². The summed E-state index contributed by atoms with van der Waals surface area (Å²) in [5.41, 5.74) is 0. The second-order valence-electron chi connectivity index (χ2n) is 7.78. The number of carbonyl (C=O) groups excluding carboxylic acids is 3. The molecule has 0 aromatic rings. The summed E-state index contributed by atoms with van der Waals surface area (Å²) in [6.45, 7) is 12.0. The summed E-state index contributed by atoms with van der Waals surface area (Å²) in [4.78, 5) is 31.1. The van der Waals surface area contributed by atoms with Crippen molar-refractivity contribution in [2.24, 2.45) is 17.8 Å². The van der Waals surface area contributed by atoms with Crippen LogP contribution in [0.25, 0.3) is 0 Å². The van der Waals surface area contributed by atoms with Crippen LogP contribution in [0.5, 0.6) is 0 Å². The fourth-order valence-corrected chi connectivity index (χ4v) is 3.23. The van der Waals surface area contributed by atoms with Crippen LogP contribution in [0.4, 0.5) is 0 Å². The van der Waals surface area contributed by atoms with Crippen LogP contribution < -0.4 is 104 Å². The van der Waals surface area contributed by atoms with E-state index in [1.165, 1.54) is 0 Å². The van der Waals surface area contributed by atoms with E-state index in [9.17, 15) is 29.7 Å². The van der Waals surface area contributed by atoms with Crippen molar-refractivity contribution in [3.05, 3.63) is 0 Å². The molecule has 0 amide bonds. The molecule has 0 saturated heterocycles. The van der Waals surface area contributed by atoms with Crippen LogP contribution in [0.2, 0.25) is 0 Å². The van der Waals surface area contributed by atoms with Crippen LogP contribution in [0.15, 0.2) is 0 Å². The van der Waals surface area contributed by atoms with Gasteiger partial charge in [0.25, 0.3) is 0 Å². The Hall–Kier alpha value is 1.41. The van der Waals surface area contributed by atoms with Gasteiger partial charge >= 0.3 is 88.7 Å². The number of aliphatic carboxylic acids is 3. The molecule has 0 fully saturated rings. The number of carboxylic acid groups (broad SMARTS) is 3. The zero-order valence-electron chi connectivity index (χ0n) is 23.2. The second kappa shape index (κ2) is 35.6. The van der Waals surface area contributed by atoms with Gasteiger partial charge < -0.3 is 29.7 Å². The van der Waals surface area contributed by atoms with E-state index in [2.05, 4.69) is 0 Å². The number of hydrogen-bond acceptors (Lipinski definition) is 6. The molecule has 0 rings (SSSR count). The Morgan fingerprint density at radius 2 is 0.545 bits per heavy atom. The van der Waals surface area contributed by atoms with Crippen LogP contribution in [-0.4, -0.2) is 17.9 Å². The first-order valence-corrected chi connectivity index (χ1v) is 11.8. The van der Waals surface area contributed by atoms with E-state index < -0.39 is 17.9 Å². The third-order valence-corrected chi connectivity index (χ3v) is 4.82. The number of rotatable bonds is 15. The van der Waals surface area contributed by atoms with Crippen LogP contribution in [0, 0.1) is 17.8 Å². The Balaban J connectivity index is -0.0000000792. The molecule has 33 heavy (non-hydrogen) atoms.